The molecule has 15 heavy (non-hydrogen) atoms. The maximum absolute atomic E-state index is 12.4. The van der Waals surface area contributed by atoms with Gasteiger partial charge < -0.3 is 5.11 Å². The number of halogens is 4. The number of hydrogen-bond donors (Lipinski definition) is 1. The molecule has 0 saturated carbocycles. The van der Waals surface area contributed by atoms with Gasteiger partial charge in [-0.1, -0.05) is 0 Å². The molecular weight excluding hydrogens is 340 g/mol. The van der Waals surface area contributed by atoms with Gasteiger partial charge in [-0.2, -0.15) is 0 Å². The molecule has 0 unspecified atom stereocenters. The zero-order chi connectivity index (χ0) is 11.6. The molecule has 0 fully saturated rings. The van der Waals surface area contributed by atoms with E-state index in [-0.39, 0.29) is 26.6 Å². The van der Waals surface area contributed by atoms with Crippen molar-refractivity contribution >= 4 is 37.8 Å². The number of carbonyl (C=O) groups is 1. The minimum atomic E-state index is -2.65. The molecule has 7 heteroatoms. The van der Waals surface area contributed by atoms with Gasteiger partial charge in [-0.3, -0.25) is 9.78 Å². The van der Waals surface area contributed by atoms with Gasteiger partial charge in [-0.05, 0) is 31.9 Å². The highest BCUT2D eigenvalue weighted by Crippen LogP contribution is 2.34. The lowest BCUT2D eigenvalue weighted by Gasteiger charge is -2.07. The Morgan fingerprint density at radius 2 is 2.07 bits per heavy atom. The van der Waals surface area contributed by atoms with E-state index < -0.39 is 12.4 Å². The van der Waals surface area contributed by atoms with Crippen LogP contribution in [-0.4, -0.2) is 16.1 Å². The lowest BCUT2D eigenvalue weighted by atomic mass is 10.2. The summed E-state index contributed by atoms with van der Waals surface area (Å²) in [6.07, 6.45) is -2.00. The third kappa shape index (κ3) is 2.94. The number of carboxylic acid groups (broad SMARTS) is 1. The minimum Gasteiger partial charge on any atom is -0.481 e. The summed E-state index contributed by atoms with van der Waals surface area (Å²) in [5.41, 5.74) is -0.0604. The zero-order valence-electron chi connectivity index (χ0n) is 7.18. The molecular formula is C8H5Br2F2NO2. The number of carboxylic acids is 1. The molecule has 0 aromatic carbocycles. The number of pyridine rings is 1. The van der Waals surface area contributed by atoms with Gasteiger partial charge in [0.2, 0.25) is 0 Å². The van der Waals surface area contributed by atoms with Crippen LogP contribution in [-0.2, 0) is 11.2 Å². The predicted molar refractivity (Wildman–Crippen MR) is 55.9 cm³/mol. The van der Waals surface area contributed by atoms with E-state index in [9.17, 15) is 13.6 Å². The van der Waals surface area contributed by atoms with E-state index in [2.05, 4.69) is 36.8 Å². The quantitative estimate of drug-likeness (QED) is 0.916. The molecule has 1 N–H and O–H groups in total. The monoisotopic (exact) mass is 343 g/mol. The van der Waals surface area contributed by atoms with Crippen molar-refractivity contribution in [1.29, 1.82) is 0 Å². The average Bonchev–Trinajstić information content (AvgIpc) is 2.12. The van der Waals surface area contributed by atoms with Gasteiger partial charge in [0.05, 0.1) is 22.2 Å². The minimum absolute atomic E-state index is 0.142. The molecule has 0 aliphatic carbocycles. The van der Waals surface area contributed by atoms with Crippen molar-refractivity contribution in [2.45, 2.75) is 12.8 Å². The predicted octanol–water partition coefficient (Wildman–Crippen LogP) is 3.17. The fraction of sp³-hybridized carbons (Fsp3) is 0.250. The van der Waals surface area contributed by atoms with Crippen LogP contribution in [0.3, 0.4) is 0 Å². The van der Waals surface area contributed by atoms with Crippen molar-refractivity contribution in [1.82, 2.24) is 4.98 Å². The number of aromatic nitrogens is 1. The second kappa shape index (κ2) is 4.98. The van der Waals surface area contributed by atoms with E-state index >= 15 is 0 Å². The maximum atomic E-state index is 12.4. The highest BCUT2D eigenvalue weighted by atomic mass is 79.9. The fourth-order valence-corrected chi connectivity index (χ4v) is 1.91. The van der Waals surface area contributed by atoms with Gasteiger partial charge in [-0.15, -0.1) is 0 Å². The summed E-state index contributed by atoms with van der Waals surface area (Å²) < 4.78 is 25.2. The van der Waals surface area contributed by atoms with Gasteiger partial charge in [0.1, 0.15) is 0 Å². The normalized spacial score (nSPS) is 10.7. The van der Waals surface area contributed by atoms with Crippen LogP contribution < -0.4 is 0 Å². The molecule has 0 aliphatic rings. The molecule has 1 aromatic rings. The van der Waals surface area contributed by atoms with Crippen molar-refractivity contribution < 1.29 is 18.7 Å². The van der Waals surface area contributed by atoms with Crippen LogP contribution in [0.25, 0.3) is 0 Å². The summed E-state index contributed by atoms with van der Waals surface area (Å²) in [7, 11) is 0. The number of rotatable bonds is 3. The highest BCUT2D eigenvalue weighted by molar-refractivity contribution is 9.13. The van der Waals surface area contributed by atoms with Crippen LogP contribution in [0, 0.1) is 0 Å². The Morgan fingerprint density at radius 3 is 2.53 bits per heavy atom. The van der Waals surface area contributed by atoms with Gasteiger partial charge in [0.25, 0.3) is 6.43 Å². The summed E-state index contributed by atoms with van der Waals surface area (Å²) in [4.78, 5) is 14.1. The first-order chi connectivity index (χ1) is 6.93. The Hall–Kier alpha value is -0.560. The third-order valence-electron chi connectivity index (χ3n) is 1.61. The first-order valence-electron chi connectivity index (χ1n) is 3.76. The standard InChI is InChI=1S/C8H5Br2F2NO2/c9-6-3(8(11)12)2-13-4(7(6)10)1-5(14)15/h2,8H,1H2,(H,14,15). The Kier molecular flexibility index (Phi) is 4.15. The van der Waals surface area contributed by atoms with E-state index in [1.54, 1.807) is 0 Å². The second-order valence-electron chi connectivity index (χ2n) is 2.66. The molecule has 1 rings (SSSR count). The molecule has 0 saturated heterocycles. The Morgan fingerprint density at radius 1 is 1.47 bits per heavy atom. The van der Waals surface area contributed by atoms with Crippen LogP contribution in [0.1, 0.15) is 17.7 Å². The van der Waals surface area contributed by atoms with Crippen LogP contribution in [0.2, 0.25) is 0 Å². The summed E-state index contributed by atoms with van der Waals surface area (Å²) in [6, 6.07) is 0. The lowest BCUT2D eigenvalue weighted by molar-refractivity contribution is -0.136. The van der Waals surface area contributed by atoms with Crippen LogP contribution in [0.15, 0.2) is 15.1 Å². The van der Waals surface area contributed by atoms with E-state index in [0.717, 1.165) is 6.20 Å². The van der Waals surface area contributed by atoms with Gasteiger partial charge >= 0.3 is 5.97 Å². The maximum Gasteiger partial charge on any atom is 0.309 e. The number of aliphatic carboxylic acids is 1. The Bertz CT molecular complexity index is 398. The third-order valence-corrected chi connectivity index (χ3v) is 3.85. The van der Waals surface area contributed by atoms with Crippen LogP contribution in [0.5, 0.6) is 0 Å². The first-order valence-corrected chi connectivity index (χ1v) is 5.34. The van der Waals surface area contributed by atoms with Crippen molar-refractivity contribution in [3.05, 3.63) is 26.4 Å². The highest BCUT2D eigenvalue weighted by Gasteiger charge is 2.18. The van der Waals surface area contributed by atoms with Crippen molar-refractivity contribution in [2.24, 2.45) is 0 Å². The SMILES string of the molecule is O=C(O)Cc1ncc(C(F)F)c(Br)c1Br. The number of alkyl halides is 2. The van der Waals surface area contributed by atoms with Gasteiger partial charge in [0.15, 0.2) is 0 Å². The zero-order valence-corrected chi connectivity index (χ0v) is 10.3. The Balaban J connectivity index is 3.15. The largest absolute Gasteiger partial charge is 0.481 e. The van der Waals surface area contributed by atoms with Crippen molar-refractivity contribution in [3.63, 3.8) is 0 Å². The van der Waals surface area contributed by atoms with Crippen molar-refractivity contribution in [3.8, 4) is 0 Å². The number of hydrogen-bond acceptors (Lipinski definition) is 2. The lowest BCUT2D eigenvalue weighted by Crippen LogP contribution is -2.04. The van der Waals surface area contributed by atoms with E-state index in [1.165, 1.54) is 0 Å². The molecule has 82 valence electrons. The van der Waals surface area contributed by atoms with Crippen LogP contribution >= 0.6 is 31.9 Å². The van der Waals surface area contributed by atoms with Gasteiger partial charge in [0, 0.05) is 10.7 Å². The van der Waals surface area contributed by atoms with Gasteiger partial charge in [-0.25, -0.2) is 8.78 Å². The first kappa shape index (κ1) is 12.5. The summed E-state index contributed by atoms with van der Waals surface area (Å²) in [6.45, 7) is 0. The molecule has 0 spiro atoms. The van der Waals surface area contributed by atoms with E-state index in [0.29, 0.717) is 0 Å². The summed E-state index contributed by atoms with van der Waals surface area (Å²) in [5.74, 6) is -1.07. The molecule has 0 radical (unpaired) electrons. The smallest absolute Gasteiger partial charge is 0.309 e. The summed E-state index contributed by atoms with van der Waals surface area (Å²) >= 11 is 5.98. The molecule has 1 aromatic heterocycles. The summed E-state index contributed by atoms with van der Waals surface area (Å²) in [5, 5.41) is 8.54. The van der Waals surface area contributed by atoms with E-state index in [4.69, 9.17) is 5.11 Å². The molecule has 0 amide bonds. The van der Waals surface area contributed by atoms with Crippen molar-refractivity contribution in [2.75, 3.05) is 0 Å². The number of nitrogens with zero attached hydrogens (tertiary/aromatic N) is 1. The van der Waals surface area contributed by atoms with Crippen LogP contribution in [0.4, 0.5) is 8.78 Å². The second-order valence-corrected chi connectivity index (χ2v) is 4.25. The molecule has 0 bridgehead atoms. The topological polar surface area (TPSA) is 50.2 Å². The fourth-order valence-electron chi connectivity index (χ4n) is 0.933. The Labute approximate surface area is 101 Å². The van der Waals surface area contributed by atoms with E-state index in [1.807, 2.05) is 0 Å². The molecule has 1 heterocycles. The molecule has 3 nitrogen and oxygen atoms in total. The molecule has 0 aliphatic heterocycles. The molecule has 0 atom stereocenters. The average molecular weight is 345 g/mol.